The summed E-state index contributed by atoms with van der Waals surface area (Å²) in [7, 11) is 1.77. The van der Waals surface area contributed by atoms with Crippen molar-refractivity contribution in [1.82, 2.24) is 30.0 Å². The summed E-state index contributed by atoms with van der Waals surface area (Å²) in [5.41, 5.74) is 0. The van der Waals surface area contributed by atoms with E-state index < -0.39 is 0 Å². The molecule has 2 aromatic rings. The third kappa shape index (κ3) is 4.02. The summed E-state index contributed by atoms with van der Waals surface area (Å²) < 4.78 is 7.39. The number of aromatic nitrogens is 5. The molecule has 0 aliphatic carbocycles. The molecule has 1 unspecified atom stereocenters. The fraction of sp³-hybridized carbons (Fsp3) is 0.600. The minimum Gasteiger partial charge on any atom is -0.380 e. The van der Waals surface area contributed by atoms with E-state index in [2.05, 4.69) is 37.2 Å². The molecular weight excluding hydrogens is 294 g/mol. The van der Waals surface area contributed by atoms with Crippen LogP contribution in [-0.4, -0.2) is 63.1 Å². The highest BCUT2D eigenvalue weighted by Crippen LogP contribution is 2.24. The maximum absolute atomic E-state index is 5.55. The monoisotopic (exact) mass is 317 g/mol. The predicted molar refractivity (Wildman–Crippen MR) is 86.1 cm³/mol. The van der Waals surface area contributed by atoms with Gasteiger partial charge >= 0.3 is 0 Å². The molecule has 0 bridgehead atoms. The first kappa shape index (κ1) is 15.8. The third-order valence-electron chi connectivity index (χ3n) is 4.20. The number of rotatable bonds is 7. The van der Waals surface area contributed by atoms with Crippen LogP contribution >= 0.6 is 0 Å². The molecular formula is C15H23N7O. The van der Waals surface area contributed by atoms with Crippen molar-refractivity contribution in [1.29, 1.82) is 0 Å². The molecule has 0 radical (unpaired) electrons. The average Bonchev–Trinajstić information content (AvgIpc) is 3.23. The van der Waals surface area contributed by atoms with Crippen molar-refractivity contribution in [3.63, 3.8) is 0 Å². The fourth-order valence-electron chi connectivity index (χ4n) is 2.98. The highest BCUT2D eigenvalue weighted by molar-refractivity contribution is 5.40. The smallest absolute Gasteiger partial charge is 0.137 e. The van der Waals surface area contributed by atoms with E-state index in [9.17, 15) is 0 Å². The molecule has 0 spiro atoms. The predicted octanol–water partition coefficient (Wildman–Crippen LogP) is 0.340. The zero-order valence-corrected chi connectivity index (χ0v) is 13.5. The molecule has 0 amide bonds. The van der Waals surface area contributed by atoms with Crippen LogP contribution in [0.3, 0.4) is 0 Å². The van der Waals surface area contributed by atoms with Crippen molar-refractivity contribution >= 4 is 5.82 Å². The number of hydrogen-bond acceptors (Lipinski definition) is 7. The van der Waals surface area contributed by atoms with Crippen LogP contribution in [0.5, 0.6) is 0 Å². The summed E-state index contributed by atoms with van der Waals surface area (Å²) in [5, 5.41) is 7.72. The molecule has 2 aromatic heterocycles. The van der Waals surface area contributed by atoms with Crippen molar-refractivity contribution < 1.29 is 4.74 Å². The van der Waals surface area contributed by atoms with Gasteiger partial charge in [0, 0.05) is 38.5 Å². The lowest BCUT2D eigenvalue weighted by Crippen LogP contribution is -2.42. The second-order valence-electron chi connectivity index (χ2n) is 5.89. The van der Waals surface area contributed by atoms with E-state index >= 15 is 0 Å². The van der Waals surface area contributed by atoms with Crippen molar-refractivity contribution in [2.75, 3.05) is 25.1 Å². The molecule has 8 nitrogen and oxygen atoms in total. The molecule has 124 valence electrons. The SMILES string of the molecule is CO[C@@H]1C[C@H](CNC(C)Cn2cncn2)N(c2ccncn2)C1. The Labute approximate surface area is 135 Å². The molecule has 1 aliphatic heterocycles. The average molecular weight is 317 g/mol. The fourth-order valence-corrected chi connectivity index (χ4v) is 2.98. The van der Waals surface area contributed by atoms with Gasteiger partial charge in [0.15, 0.2) is 0 Å². The molecule has 0 saturated carbocycles. The Morgan fingerprint density at radius 1 is 1.39 bits per heavy atom. The van der Waals surface area contributed by atoms with E-state index in [1.807, 2.05) is 10.7 Å². The zero-order valence-electron chi connectivity index (χ0n) is 13.5. The molecule has 1 N–H and O–H groups in total. The molecule has 23 heavy (non-hydrogen) atoms. The van der Waals surface area contributed by atoms with Gasteiger partial charge in [-0.2, -0.15) is 5.10 Å². The zero-order chi connectivity index (χ0) is 16.1. The number of methoxy groups -OCH3 is 1. The van der Waals surface area contributed by atoms with Crippen LogP contribution in [0.15, 0.2) is 31.2 Å². The molecule has 1 fully saturated rings. The molecule has 1 aliphatic rings. The Morgan fingerprint density at radius 3 is 3.00 bits per heavy atom. The first-order chi connectivity index (χ1) is 11.3. The molecule has 3 atom stereocenters. The highest BCUT2D eigenvalue weighted by atomic mass is 16.5. The number of ether oxygens (including phenoxy) is 1. The van der Waals surface area contributed by atoms with Crippen LogP contribution in [0.2, 0.25) is 0 Å². The Hall–Kier alpha value is -2.06. The Bertz CT molecular complexity index is 577. The van der Waals surface area contributed by atoms with Crippen molar-refractivity contribution in [3.05, 3.63) is 31.2 Å². The van der Waals surface area contributed by atoms with Crippen LogP contribution in [0.1, 0.15) is 13.3 Å². The van der Waals surface area contributed by atoms with E-state index in [4.69, 9.17) is 4.74 Å². The first-order valence-electron chi connectivity index (χ1n) is 7.87. The molecule has 8 heteroatoms. The van der Waals surface area contributed by atoms with E-state index in [1.54, 1.807) is 32.3 Å². The topological polar surface area (TPSA) is 81.0 Å². The summed E-state index contributed by atoms with van der Waals surface area (Å²) in [4.78, 5) is 14.6. The maximum Gasteiger partial charge on any atom is 0.137 e. The summed E-state index contributed by atoms with van der Waals surface area (Å²) in [5.74, 6) is 0.954. The lowest BCUT2D eigenvalue weighted by atomic mass is 10.2. The van der Waals surface area contributed by atoms with Gasteiger partial charge in [-0.25, -0.2) is 15.0 Å². The van der Waals surface area contributed by atoms with Crippen LogP contribution in [0.25, 0.3) is 0 Å². The van der Waals surface area contributed by atoms with Gasteiger partial charge in [0.25, 0.3) is 0 Å². The van der Waals surface area contributed by atoms with Crippen LogP contribution in [0, 0.1) is 0 Å². The summed E-state index contributed by atoms with van der Waals surface area (Å²) in [6.45, 7) is 4.68. The minimum atomic E-state index is 0.238. The van der Waals surface area contributed by atoms with Gasteiger partial charge in [-0.05, 0) is 19.4 Å². The van der Waals surface area contributed by atoms with E-state index in [0.29, 0.717) is 12.1 Å². The minimum absolute atomic E-state index is 0.238. The van der Waals surface area contributed by atoms with Gasteiger partial charge < -0.3 is 15.0 Å². The van der Waals surface area contributed by atoms with Gasteiger partial charge in [-0.15, -0.1) is 0 Å². The van der Waals surface area contributed by atoms with Gasteiger partial charge in [0.1, 0.15) is 24.8 Å². The first-order valence-corrected chi connectivity index (χ1v) is 7.87. The quantitative estimate of drug-likeness (QED) is 0.788. The highest BCUT2D eigenvalue weighted by Gasteiger charge is 2.32. The van der Waals surface area contributed by atoms with Crippen LogP contribution in [-0.2, 0) is 11.3 Å². The van der Waals surface area contributed by atoms with Gasteiger partial charge in [0.05, 0.1) is 12.6 Å². The second-order valence-corrected chi connectivity index (χ2v) is 5.89. The summed E-state index contributed by atoms with van der Waals surface area (Å²) in [6, 6.07) is 2.61. The molecule has 0 aromatic carbocycles. The Morgan fingerprint density at radius 2 is 2.30 bits per heavy atom. The van der Waals surface area contributed by atoms with E-state index in [-0.39, 0.29) is 6.10 Å². The van der Waals surface area contributed by atoms with Gasteiger partial charge in [-0.3, -0.25) is 4.68 Å². The Balaban J connectivity index is 1.58. The lowest BCUT2D eigenvalue weighted by Gasteiger charge is -2.26. The summed E-state index contributed by atoms with van der Waals surface area (Å²) >= 11 is 0. The van der Waals surface area contributed by atoms with Gasteiger partial charge in [-0.1, -0.05) is 0 Å². The van der Waals surface area contributed by atoms with Crippen LogP contribution in [0.4, 0.5) is 5.82 Å². The van der Waals surface area contributed by atoms with Crippen LogP contribution < -0.4 is 10.2 Å². The maximum atomic E-state index is 5.55. The van der Waals surface area contributed by atoms with Gasteiger partial charge in [0.2, 0.25) is 0 Å². The number of anilines is 1. The summed E-state index contributed by atoms with van der Waals surface area (Å²) in [6.07, 6.45) is 7.89. The van der Waals surface area contributed by atoms with E-state index in [0.717, 1.165) is 31.9 Å². The number of nitrogens with one attached hydrogen (secondary N) is 1. The number of hydrogen-bond donors (Lipinski definition) is 1. The second kappa shape index (κ2) is 7.47. The standard InChI is InChI=1S/C15H23N7O/c1-12(7-21-11-17-10-20-21)18-6-13-5-14(23-2)8-22(13)15-3-4-16-9-19-15/h3-4,9-14,18H,5-8H2,1-2H3/t12?,13-,14-/m1/s1. The molecule has 3 rings (SSSR count). The normalized spacial score (nSPS) is 22.4. The molecule has 1 saturated heterocycles. The van der Waals surface area contributed by atoms with Crippen molar-refractivity contribution in [2.45, 2.75) is 38.1 Å². The Kier molecular flexibility index (Phi) is 5.14. The van der Waals surface area contributed by atoms with E-state index in [1.165, 1.54) is 0 Å². The lowest BCUT2D eigenvalue weighted by molar-refractivity contribution is 0.118. The largest absolute Gasteiger partial charge is 0.380 e. The van der Waals surface area contributed by atoms with Crippen molar-refractivity contribution in [2.24, 2.45) is 0 Å². The molecule has 3 heterocycles. The number of nitrogens with zero attached hydrogens (tertiary/aromatic N) is 6. The van der Waals surface area contributed by atoms with Crippen molar-refractivity contribution in [3.8, 4) is 0 Å². The third-order valence-corrected chi connectivity index (χ3v) is 4.20.